The second-order valence-electron chi connectivity index (χ2n) is 4.95. The second kappa shape index (κ2) is 5.98. The fourth-order valence-corrected chi connectivity index (χ4v) is 2.70. The molecule has 1 aromatic rings. The van der Waals surface area contributed by atoms with Crippen LogP contribution in [0, 0.1) is 0 Å². The van der Waals surface area contributed by atoms with Crippen molar-refractivity contribution < 1.29 is 18.0 Å². The Balaban J connectivity index is 2.55. The van der Waals surface area contributed by atoms with Crippen molar-refractivity contribution >= 4 is 5.91 Å². The van der Waals surface area contributed by atoms with E-state index < -0.39 is 24.0 Å². The van der Waals surface area contributed by atoms with Crippen LogP contribution in [0.4, 0.5) is 13.2 Å². The molecular formula is C13H17F3N4O. The van der Waals surface area contributed by atoms with Gasteiger partial charge in [-0.05, 0) is 12.1 Å². The molecule has 1 aliphatic heterocycles. The van der Waals surface area contributed by atoms with E-state index in [4.69, 9.17) is 5.73 Å². The number of primary amides is 1. The first kappa shape index (κ1) is 15.7. The zero-order valence-electron chi connectivity index (χ0n) is 11.4. The van der Waals surface area contributed by atoms with Crippen LogP contribution in [0.3, 0.4) is 0 Å². The second-order valence-corrected chi connectivity index (χ2v) is 4.95. The Kier molecular flexibility index (Phi) is 4.48. The van der Waals surface area contributed by atoms with Crippen LogP contribution in [-0.4, -0.2) is 48.1 Å². The summed E-state index contributed by atoms with van der Waals surface area (Å²) in [6.07, 6.45) is -4.21. The summed E-state index contributed by atoms with van der Waals surface area (Å²) in [7, 11) is 0. The number of hydrogen-bond donors (Lipinski definition) is 2. The van der Waals surface area contributed by atoms with Crippen molar-refractivity contribution in [3.8, 4) is 0 Å². The van der Waals surface area contributed by atoms with Gasteiger partial charge in [0, 0.05) is 32.4 Å². The van der Waals surface area contributed by atoms with E-state index in [0.717, 1.165) is 0 Å². The summed E-state index contributed by atoms with van der Waals surface area (Å²) in [4.78, 5) is 16.4. The van der Waals surface area contributed by atoms with Crippen molar-refractivity contribution in [3.63, 3.8) is 0 Å². The third-order valence-electron chi connectivity index (χ3n) is 3.64. The van der Waals surface area contributed by atoms with E-state index in [2.05, 4.69) is 10.3 Å². The Hall–Kier alpha value is -1.67. The molecule has 0 aromatic carbocycles. The Labute approximate surface area is 120 Å². The minimum absolute atomic E-state index is 0.170. The smallest absolute Gasteiger partial charge is 0.370 e. The number of carbonyl (C=O) groups excluding carboxylic acids is 1. The molecule has 0 radical (unpaired) electrons. The summed E-state index contributed by atoms with van der Waals surface area (Å²) < 4.78 is 41.7. The molecule has 3 N–H and O–H groups in total. The molecule has 2 heterocycles. The van der Waals surface area contributed by atoms with Gasteiger partial charge >= 0.3 is 6.18 Å². The quantitative estimate of drug-likeness (QED) is 0.855. The van der Waals surface area contributed by atoms with Crippen molar-refractivity contribution in [2.75, 3.05) is 26.2 Å². The molecule has 0 aliphatic carbocycles. The molecule has 1 unspecified atom stereocenters. The van der Waals surface area contributed by atoms with Crippen molar-refractivity contribution in [1.29, 1.82) is 0 Å². The number of nitrogens with one attached hydrogen (secondary N) is 1. The molecule has 1 aliphatic rings. The Morgan fingerprint density at radius 2 is 2.00 bits per heavy atom. The Morgan fingerprint density at radius 1 is 1.33 bits per heavy atom. The number of rotatable bonds is 4. The van der Waals surface area contributed by atoms with Gasteiger partial charge in [0.2, 0.25) is 5.91 Å². The van der Waals surface area contributed by atoms with E-state index >= 15 is 0 Å². The van der Waals surface area contributed by atoms with E-state index in [0.29, 0.717) is 13.1 Å². The first-order valence-corrected chi connectivity index (χ1v) is 6.60. The maximum Gasteiger partial charge on any atom is 0.413 e. The highest BCUT2D eigenvalue weighted by molar-refractivity contribution is 5.75. The van der Waals surface area contributed by atoms with E-state index in [1.807, 2.05) is 0 Å². The van der Waals surface area contributed by atoms with Gasteiger partial charge in [0.05, 0.1) is 12.1 Å². The lowest BCUT2D eigenvalue weighted by Gasteiger charge is -2.45. The van der Waals surface area contributed by atoms with Crippen LogP contribution in [0.15, 0.2) is 24.4 Å². The standard InChI is InChI=1S/C13H17F3N4O/c14-13(15,16)12(9-11(17)21,10-3-1-2-4-19-10)20-7-5-18-6-8-20/h1-4,18H,5-9H2,(H2,17,21). The third kappa shape index (κ3) is 3.01. The van der Waals surface area contributed by atoms with Crippen molar-refractivity contribution in [2.24, 2.45) is 5.73 Å². The molecule has 1 fully saturated rings. The molecule has 21 heavy (non-hydrogen) atoms. The van der Waals surface area contributed by atoms with Crippen LogP contribution >= 0.6 is 0 Å². The SMILES string of the molecule is NC(=O)CC(c1ccccn1)(N1CCNCC1)C(F)(F)F. The van der Waals surface area contributed by atoms with Gasteiger partial charge in [-0.2, -0.15) is 13.2 Å². The number of hydrogen-bond acceptors (Lipinski definition) is 4. The summed E-state index contributed by atoms with van der Waals surface area (Å²) in [5.41, 5.74) is 2.44. The van der Waals surface area contributed by atoms with Gasteiger partial charge in [-0.25, -0.2) is 0 Å². The van der Waals surface area contributed by atoms with E-state index in [1.54, 1.807) is 0 Å². The summed E-state index contributed by atoms with van der Waals surface area (Å²) >= 11 is 0. The lowest BCUT2D eigenvalue weighted by Crippen LogP contribution is -2.62. The number of alkyl halides is 3. The van der Waals surface area contributed by atoms with Gasteiger partial charge in [0.25, 0.3) is 0 Å². The maximum absolute atomic E-state index is 13.9. The van der Waals surface area contributed by atoms with Crippen molar-refractivity contribution in [3.05, 3.63) is 30.1 Å². The number of halogens is 3. The number of amides is 1. The lowest BCUT2D eigenvalue weighted by molar-refractivity contribution is -0.243. The summed E-state index contributed by atoms with van der Waals surface area (Å²) in [5.74, 6) is -1.00. The summed E-state index contributed by atoms with van der Waals surface area (Å²) in [5, 5.41) is 3.00. The average molecular weight is 302 g/mol. The van der Waals surface area contributed by atoms with Crippen LogP contribution in [0.1, 0.15) is 12.1 Å². The fraction of sp³-hybridized carbons (Fsp3) is 0.538. The highest BCUT2D eigenvalue weighted by Crippen LogP contribution is 2.45. The molecule has 1 saturated heterocycles. The molecule has 2 rings (SSSR count). The highest BCUT2D eigenvalue weighted by Gasteiger charge is 2.61. The molecule has 1 aromatic heterocycles. The number of pyridine rings is 1. The fourth-order valence-electron chi connectivity index (χ4n) is 2.70. The molecule has 0 spiro atoms. The van der Waals surface area contributed by atoms with Gasteiger partial charge in [-0.15, -0.1) is 0 Å². The van der Waals surface area contributed by atoms with Crippen molar-refractivity contribution in [2.45, 2.75) is 18.1 Å². The average Bonchev–Trinajstić information content (AvgIpc) is 2.45. The molecular weight excluding hydrogens is 285 g/mol. The van der Waals surface area contributed by atoms with Gasteiger partial charge in [0.15, 0.2) is 5.54 Å². The van der Waals surface area contributed by atoms with Crippen LogP contribution in [0.5, 0.6) is 0 Å². The molecule has 1 amide bonds. The van der Waals surface area contributed by atoms with E-state index in [9.17, 15) is 18.0 Å². The monoisotopic (exact) mass is 302 g/mol. The van der Waals surface area contributed by atoms with Gasteiger partial charge < -0.3 is 11.1 Å². The topological polar surface area (TPSA) is 71.2 Å². The predicted molar refractivity (Wildman–Crippen MR) is 70.2 cm³/mol. The Morgan fingerprint density at radius 3 is 2.48 bits per heavy atom. The van der Waals surface area contributed by atoms with Gasteiger partial charge in [-0.1, -0.05) is 6.07 Å². The number of nitrogens with zero attached hydrogens (tertiary/aromatic N) is 2. The van der Waals surface area contributed by atoms with E-state index in [1.165, 1.54) is 29.3 Å². The van der Waals surface area contributed by atoms with Crippen molar-refractivity contribution in [1.82, 2.24) is 15.2 Å². The Bertz CT molecular complexity index is 488. The minimum atomic E-state index is -4.66. The molecule has 8 heteroatoms. The zero-order valence-corrected chi connectivity index (χ0v) is 11.4. The lowest BCUT2D eigenvalue weighted by atomic mass is 9.86. The maximum atomic E-state index is 13.9. The normalized spacial score (nSPS) is 20.0. The number of nitrogens with two attached hydrogens (primary N) is 1. The molecule has 5 nitrogen and oxygen atoms in total. The van der Waals surface area contributed by atoms with Gasteiger partial charge in [0.1, 0.15) is 0 Å². The number of carbonyl (C=O) groups is 1. The third-order valence-corrected chi connectivity index (χ3v) is 3.64. The largest absolute Gasteiger partial charge is 0.413 e. The summed E-state index contributed by atoms with van der Waals surface area (Å²) in [6, 6.07) is 4.30. The van der Waals surface area contributed by atoms with Gasteiger partial charge in [-0.3, -0.25) is 14.7 Å². The van der Waals surface area contributed by atoms with Crippen LogP contribution < -0.4 is 11.1 Å². The predicted octanol–water partition coefficient (Wildman–Crippen LogP) is 0.620. The molecule has 0 saturated carbocycles. The highest BCUT2D eigenvalue weighted by atomic mass is 19.4. The first-order valence-electron chi connectivity index (χ1n) is 6.60. The molecule has 1 atom stereocenters. The first-order chi connectivity index (χ1) is 9.88. The number of aromatic nitrogens is 1. The summed E-state index contributed by atoms with van der Waals surface area (Å²) in [6.45, 7) is 1.18. The molecule has 116 valence electrons. The van der Waals surface area contributed by atoms with Crippen LogP contribution in [0.2, 0.25) is 0 Å². The minimum Gasteiger partial charge on any atom is -0.370 e. The van der Waals surface area contributed by atoms with Crippen LogP contribution in [0.25, 0.3) is 0 Å². The number of piperazine rings is 1. The zero-order chi connectivity index (χ0) is 15.5. The van der Waals surface area contributed by atoms with Crippen LogP contribution in [-0.2, 0) is 10.3 Å². The van der Waals surface area contributed by atoms with E-state index in [-0.39, 0.29) is 18.8 Å². The molecule has 0 bridgehead atoms.